The highest BCUT2D eigenvalue weighted by Gasteiger charge is 2.66. The number of para-hydroxylation sites is 3. The molecule has 1 fully saturated rings. The van der Waals surface area contributed by atoms with E-state index in [0.29, 0.717) is 52.7 Å². The van der Waals surface area contributed by atoms with E-state index in [-0.39, 0.29) is 43.3 Å². The van der Waals surface area contributed by atoms with Crippen LogP contribution in [0.25, 0.3) is 0 Å². The monoisotopic (exact) mass is 857 g/mol. The van der Waals surface area contributed by atoms with E-state index >= 15 is 4.79 Å². The first-order chi connectivity index (χ1) is 27.9. The fraction of sp³-hybridized carbons (Fsp3) is 0.283. The minimum Gasteiger partial charge on any atom is -0.454 e. The molecule has 5 aromatic rings. The van der Waals surface area contributed by atoms with Crippen molar-refractivity contribution in [2.45, 2.75) is 69.2 Å². The van der Waals surface area contributed by atoms with Gasteiger partial charge in [0.25, 0.3) is 11.8 Å². The summed E-state index contributed by atoms with van der Waals surface area (Å²) in [6, 6.07) is 35.5. The van der Waals surface area contributed by atoms with Crippen LogP contribution in [0.2, 0.25) is 18.6 Å². The molecule has 2 N–H and O–H groups in total. The smallest absolute Gasteiger partial charge is 0.266 e. The minimum atomic E-state index is -3.07. The summed E-state index contributed by atoms with van der Waals surface area (Å²) in [6.45, 7) is 6.02. The molecule has 0 saturated carbocycles. The lowest BCUT2D eigenvalue weighted by Crippen LogP contribution is -2.48. The zero-order valence-electron chi connectivity index (χ0n) is 32.5. The third-order valence-corrected chi connectivity index (χ3v) is 15.4. The Morgan fingerprint density at radius 2 is 1.60 bits per heavy atom. The first-order valence-corrected chi connectivity index (χ1v) is 23.5. The Kier molecular flexibility index (Phi) is 9.68. The lowest BCUT2D eigenvalue weighted by molar-refractivity contribution is -0.151. The van der Waals surface area contributed by atoms with Crippen LogP contribution in [0.1, 0.15) is 46.0 Å². The molecule has 4 heterocycles. The maximum Gasteiger partial charge on any atom is 0.266 e. The quantitative estimate of drug-likeness (QED) is 0.159. The highest BCUT2D eigenvalue weighted by molar-refractivity contribution is 9.10. The second kappa shape index (κ2) is 14.6. The molecule has 0 unspecified atom stereocenters. The van der Waals surface area contributed by atoms with E-state index in [4.69, 9.17) is 9.47 Å². The number of benzene rings is 5. The van der Waals surface area contributed by atoms with Crippen molar-refractivity contribution in [2.24, 2.45) is 5.92 Å². The zero-order chi connectivity index (χ0) is 40.5. The zero-order valence-corrected chi connectivity index (χ0v) is 35.1. The minimum absolute atomic E-state index is 0.0384. The van der Waals surface area contributed by atoms with Gasteiger partial charge in [0.05, 0.1) is 48.7 Å². The molecule has 0 aromatic heterocycles. The van der Waals surface area contributed by atoms with Gasteiger partial charge in [-0.1, -0.05) is 83.5 Å². The van der Waals surface area contributed by atoms with Crippen LogP contribution in [0, 0.1) is 5.92 Å². The summed E-state index contributed by atoms with van der Waals surface area (Å²) in [6.07, 6.45) is -0.240. The van der Waals surface area contributed by atoms with Crippen molar-refractivity contribution in [1.29, 1.82) is 0 Å². The van der Waals surface area contributed by atoms with Gasteiger partial charge in [0.15, 0.2) is 19.7 Å². The lowest BCUT2D eigenvalue weighted by atomic mass is 9.82. The molecule has 1 spiro atoms. The molecule has 0 aliphatic carbocycles. The second-order valence-electron chi connectivity index (χ2n) is 16.3. The average molecular weight is 859 g/mol. The number of nitrogens with zero attached hydrogens (tertiary/aromatic N) is 3. The van der Waals surface area contributed by atoms with Crippen LogP contribution < -0.4 is 14.5 Å². The standard InChI is InChI=1S/C46H44BrN3O7Si/c1-28-43(58(2,3)55)41(24-42(52)48-26-31-13-5-4-12-30(31)22-34(48)27-51)57-46(28)36-23-32(47)19-20-37(36)49(45(46)54)25-29-11-10-14-33(21-29)50-38-16-7-9-18-40(38)56-39-17-8-6-15-35(39)44(50)53/h4-21,23,28,34,41,43,51,55H,22,24-27H2,1-3H3/t28-,34+,41+,43-,46+/m1/s1. The van der Waals surface area contributed by atoms with Crippen LogP contribution in [-0.4, -0.2) is 59.6 Å². The predicted molar refractivity (Wildman–Crippen MR) is 227 cm³/mol. The molecule has 0 radical (unpaired) electrons. The number of rotatable bonds is 7. The van der Waals surface area contributed by atoms with Crippen molar-refractivity contribution < 1.29 is 33.8 Å². The number of hydrogen-bond donors (Lipinski definition) is 2. The molecule has 296 valence electrons. The second-order valence-corrected chi connectivity index (χ2v) is 21.2. The first kappa shape index (κ1) is 38.4. The summed E-state index contributed by atoms with van der Waals surface area (Å²) >= 11 is 3.64. The van der Waals surface area contributed by atoms with Crippen molar-refractivity contribution in [2.75, 3.05) is 16.4 Å². The molecule has 5 atom stereocenters. The number of ether oxygens (including phenoxy) is 2. The van der Waals surface area contributed by atoms with E-state index < -0.39 is 31.5 Å². The molecule has 4 aliphatic rings. The average Bonchev–Trinajstić information content (AvgIpc) is 3.58. The number of aliphatic hydroxyl groups excluding tert-OH is 1. The number of amides is 3. The number of fused-ring (bicyclic) bond motifs is 5. The Bertz CT molecular complexity index is 2470. The Morgan fingerprint density at radius 1 is 0.879 bits per heavy atom. The molecular weight excluding hydrogens is 815 g/mol. The number of anilines is 3. The highest BCUT2D eigenvalue weighted by atomic mass is 79.9. The summed E-state index contributed by atoms with van der Waals surface area (Å²) in [7, 11) is -3.07. The van der Waals surface area contributed by atoms with Crippen molar-refractivity contribution >= 4 is 59.0 Å². The third-order valence-electron chi connectivity index (χ3n) is 12.4. The molecule has 5 aromatic carbocycles. The van der Waals surface area contributed by atoms with Gasteiger partial charge in [0, 0.05) is 33.7 Å². The van der Waals surface area contributed by atoms with Crippen LogP contribution in [0.3, 0.4) is 0 Å². The molecule has 4 aliphatic heterocycles. The maximum atomic E-state index is 15.2. The largest absolute Gasteiger partial charge is 0.454 e. The van der Waals surface area contributed by atoms with Gasteiger partial charge < -0.3 is 29.2 Å². The number of halogens is 1. The molecule has 58 heavy (non-hydrogen) atoms. The van der Waals surface area contributed by atoms with Gasteiger partial charge in [-0.3, -0.25) is 19.3 Å². The summed E-state index contributed by atoms with van der Waals surface area (Å²) in [4.78, 5) is 60.7. The van der Waals surface area contributed by atoms with Gasteiger partial charge in [-0.15, -0.1) is 0 Å². The molecule has 0 bridgehead atoms. The first-order valence-electron chi connectivity index (χ1n) is 19.7. The molecule has 1 saturated heterocycles. The fourth-order valence-corrected chi connectivity index (χ4v) is 12.7. The summed E-state index contributed by atoms with van der Waals surface area (Å²) in [5, 5.41) is 10.4. The van der Waals surface area contributed by atoms with E-state index in [2.05, 4.69) is 15.9 Å². The lowest BCUT2D eigenvalue weighted by Gasteiger charge is -2.37. The summed E-state index contributed by atoms with van der Waals surface area (Å²) in [5.74, 6) is -0.145. The van der Waals surface area contributed by atoms with Crippen LogP contribution in [0.15, 0.2) is 120 Å². The van der Waals surface area contributed by atoms with E-state index in [1.807, 2.05) is 123 Å². The fourth-order valence-electron chi connectivity index (χ4n) is 9.78. The Labute approximate surface area is 346 Å². The van der Waals surface area contributed by atoms with Gasteiger partial charge in [-0.25, -0.2) is 0 Å². The van der Waals surface area contributed by atoms with Crippen LogP contribution in [0.5, 0.6) is 11.5 Å². The number of carbonyl (C=O) groups is 3. The number of carbonyl (C=O) groups excluding carboxylic acids is 3. The number of hydrogen-bond acceptors (Lipinski definition) is 7. The van der Waals surface area contributed by atoms with Gasteiger partial charge in [0.2, 0.25) is 5.91 Å². The Hall–Kier alpha value is -5.11. The van der Waals surface area contributed by atoms with E-state index in [1.165, 1.54) is 0 Å². The van der Waals surface area contributed by atoms with E-state index in [0.717, 1.165) is 21.2 Å². The van der Waals surface area contributed by atoms with Crippen LogP contribution in [0.4, 0.5) is 17.1 Å². The van der Waals surface area contributed by atoms with E-state index in [1.54, 1.807) is 26.8 Å². The van der Waals surface area contributed by atoms with Crippen LogP contribution >= 0.6 is 15.9 Å². The third kappa shape index (κ3) is 6.29. The van der Waals surface area contributed by atoms with Gasteiger partial charge in [0.1, 0.15) is 5.75 Å². The van der Waals surface area contributed by atoms with E-state index in [9.17, 15) is 19.5 Å². The number of aliphatic hydroxyl groups is 1. The van der Waals surface area contributed by atoms with Gasteiger partial charge >= 0.3 is 0 Å². The highest BCUT2D eigenvalue weighted by Crippen LogP contribution is 2.60. The molecule has 10 nitrogen and oxygen atoms in total. The van der Waals surface area contributed by atoms with Gasteiger partial charge in [-0.05, 0) is 90.8 Å². The SMILES string of the molecule is C[C@@H]1[C@@H]([Si](C)(C)O)[C@H](CC(=O)N2Cc3ccccc3C[C@H]2CO)O[C@@]12C(=O)N(Cc1cccc(N3C(=O)c4ccccc4Oc4ccccc43)c1)c1ccc(Br)cc12. The summed E-state index contributed by atoms with van der Waals surface area (Å²) in [5.41, 5.74) is 4.02. The molecular formula is C46H44BrN3O7Si. The van der Waals surface area contributed by atoms with Gasteiger partial charge in [-0.2, -0.15) is 0 Å². The van der Waals surface area contributed by atoms with Crippen LogP contribution in [-0.2, 0) is 39.4 Å². The molecule has 9 rings (SSSR count). The van der Waals surface area contributed by atoms with Crippen molar-refractivity contribution in [3.05, 3.63) is 148 Å². The maximum absolute atomic E-state index is 15.2. The normalized spacial score (nSPS) is 23.6. The topological polar surface area (TPSA) is 120 Å². The molecule has 3 amide bonds. The van der Waals surface area contributed by atoms with Crippen molar-refractivity contribution in [3.8, 4) is 11.5 Å². The summed E-state index contributed by atoms with van der Waals surface area (Å²) < 4.78 is 14.0. The predicted octanol–water partition coefficient (Wildman–Crippen LogP) is 8.21. The van der Waals surface area contributed by atoms with Crippen molar-refractivity contribution in [3.63, 3.8) is 0 Å². The molecule has 12 heteroatoms. The Balaban J connectivity index is 1.05. The Morgan fingerprint density at radius 3 is 2.38 bits per heavy atom. The van der Waals surface area contributed by atoms with Crippen molar-refractivity contribution in [1.82, 2.24) is 4.90 Å².